The largest absolute Gasteiger partial charge is 0.373 e. The van der Waals surface area contributed by atoms with E-state index in [-0.39, 0.29) is 11.5 Å². The fourth-order valence-corrected chi connectivity index (χ4v) is 5.84. The number of nitrogens with one attached hydrogen (secondary N) is 2. The lowest BCUT2D eigenvalue weighted by molar-refractivity contribution is 0.266. The predicted octanol–water partition coefficient (Wildman–Crippen LogP) is 5.43. The zero-order chi connectivity index (χ0) is 26.4. The van der Waals surface area contributed by atoms with Gasteiger partial charge in [-0.25, -0.2) is 14.6 Å². The summed E-state index contributed by atoms with van der Waals surface area (Å²) in [6.45, 7) is 9.24. The molecule has 3 aromatic heterocycles. The van der Waals surface area contributed by atoms with Crippen molar-refractivity contribution in [3.05, 3.63) is 65.5 Å². The van der Waals surface area contributed by atoms with Crippen molar-refractivity contribution < 1.29 is 0 Å². The molecule has 0 radical (unpaired) electrons. The summed E-state index contributed by atoms with van der Waals surface area (Å²) in [5, 5.41) is 27.1. The normalized spacial score (nSPS) is 21.1. The molecular weight excluding hydrogens is 474 g/mol. The minimum Gasteiger partial charge on any atom is -0.373 e. The van der Waals surface area contributed by atoms with Gasteiger partial charge in [-0.1, -0.05) is 32.1 Å². The van der Waals surface area contributed by atoms with Crippen LogP contribution in [-0.2, 0) is 0 Å². The fourth-order valence-electron chi connectivity index (χ4n) is 5.84. The summed E-state index contributed by atoms with van der Waals surface area (Å²) in [5.41, 5.74) is 4.74. The molecule has 0 amide bonds. The topological polar surface area (TPSA) is 117 Å². The van der Waals surface area contributed by atoms with Gasteiger partial charge in [0.2, 0.25) is 0 Å². The van der Waals surface area contributed by atoms with Crippen LogP contribution >= 0.6 is 0 Å². The molecule has 1 aromatic carbocycles. The summed E-state index contributed by atoms with van der Waals surface area (Å²) in [6.07, 6.45) is 9.21. The molecule has 0 aliphatic heterocycles. The number of hydrogen-bond acceptors (Lipinski definition) is 8. The Morgan fingerprint density at radius 1 is 1.16 bits per heavy atom. The van der Waals surface area contributed by atoms with Crippen LogP contribution in [0.3, 0.4) is 0 Å². The Balaban J connectivity index is 1.39. The number of nitrogens with zero attached hydrogens (tertiary/aromatic N) is 7. The van der Waals surface area contributed by atoms with Crippen molar-refractivity contribution in [2.24, 2.45) is 17.3 Å². The maximum Gasteiger partial charge on any atom is 0.137 e. The van der Waals surface area contributed by atoms with E-state index in [1.54, 1.807) is 6.20 Å². The first-order valence-corrected chi connectivity index (χ1v) is 13.3. The second-order valence-corrected chi connectivity index (χ2v) is 11.9. The van der Waals surface area contributed by atoms with Crippen LogP contribution < -0.4 is 10.6 Å². The van der Waals surface area contributed by atoms with Crippen LogP contribution in [0.2, 0.25) is 0 Å². The minimum absolute atomic E-state index is 0.0692. The van der Waals surface area contributed by atoms with Crippen molar-refractivity contribution in [3.63, 3.8) is 0 Å². The van der Waals surface area contributed by atoms with E-state index in [0.29, 0.717) is 22.9 Å². The van der Waals surface area contributed by atoms with E-state index in [1.807, 2.05) is 25.1 Å². The third-order valence-corrected chi connectivity index (χ3v) is 7.87. The number of aromatic nitrogens is 6. The lowest BCUT2D eigenvalue weighted by Gasteiger charge is -2.24. The lowest BCUT2D eigenvalue weighted by Crippen LogP contribution is -2.20. The molecule has 38 heavy (non-hydrogen) atoms. The van der Waals surface area contributed by atoms with E-state index in [1.165, 1.54) is 25.6 Å². The van der Waals surface area contributed by atoms with Crippen LogP contribution in [0.4, 0.5) is 11.5 Å². The zero-order valence-corrected chi connectivity index (χ0v) is 22.3. The summed E-state index contributed by atoms with van der Waals surface area (Å²) >= 11 is 0. The van der Waals surface area contributed by atoms with Crippen LogP contribution in [-0.4, -0.2) is 36.5 Å². The molecule has 9 nitrogen and oxygen atoms in total. The molecule has 4 aromatic rings. The van der Waals surface area contributed by atoms with Gasteiger partial charge in [-0.05, 0) is 61.6 Å². The Hall–Kier alpha value is -4.06. The van der Waals surface area contributed by atoms with E-state index in [0.717, 1.165) is 46.4 Å². The van der Waals surface area contributed by atoms with Gasteiger partial charge in [0.05, 0.1) is 29.4 Å². The van der Waals surface area contributed by atoms with Crippen molar-refractivity contribution in [1.82, 2.24) is 29.9 Å². The maximum absolute atomic E-state index is 9.98. The van der Waals surface area contributed by atoms with Gasteiger partial charge in [0.15, 0.2) is 0 Å². The van der Waals surface area contributed by atoms with Gasteiger partial charge in [-0.15, -0.1) is 5.10 Å². The molecular formula is C29H33N9. The quantitative estimate of drug-likeness (QED) is 0.340. The number of nitriles is 1. The van der Waals surface area contributed by atoms with Crippen LogP contribution in [0.5, 0.6) is 0 Å². The number of anilines is 2. The van der Waals surface area contributed by atoms with Crippen LogP contribution in [0.1, 0.15) is 74.6 Å². The van der Waals surface area contributed by atoms with Gasteiger partial charge >= 0.3 is 0 Å². The summed E-state index contributed by atoms with van der Waals surface area (Å²) < 4.78 is 2.07. The average molecular weight is 508 g/mol. The van der Waals surface area contributed by atoms with E-state index >= 15 is 0 Å². The molecule has 194 valence electrons. The molecule has 2 N–H and O–H groups in total. The number of hydrogen-bond donors (Lipinski definition) is 2. The SMILES string of the molecule is Cc1ncccc1[C@@H](Nc1cc(C#N)c2ncnc(NCC(C)(C)C)c2c1)c1cn([C@@H]2CC3CC2C3)nn1. The van der Waals surface area contributed by atoms with E-state index in [9.17, 15) is 5.26 Å². The highest BCUT2D eigenvalue weighted by molar-refractivity contribution is 5.95. The minimum atomic E-state index is -0.284. The molecule has 7 rings (SSSR count). The first-order chi connectivity index (χ1) is 18.3. The summed E-state index contributed by atoms with van der Waals surface area (Å²) in [5.74, 6) is 2.28. The highest BCUT2D eigenvalue weighted by Gasteiger charge is 2.45. The van der Waals surface area contributed by atoms with Crippen LogP contribution in [0.25, 0.3) is 10.9 Å². The number of fused-ring (bicyclic) bond motifs is 2. The number of rotatable bonds is 7. The number of pyridine rings is 1. The molecule has 2 bridgehead atoms. The van der Waals surface area contributed by atoms with Gasteiger partial charge in [0.1, 0.15) is 23.9 Å². The van der Waals surface area contributed by atoms with Gasteiger partial charge in [0, 0.05) is 35.1 Å². The molecule has 0 saturated heterocycles. The Labute approximate surface area is 222 Å². The second-order valence-electron chi connectivity index (χ2n) is 11.9. The van der Waals surface area contributed by atoms with Crippen molar-refractivity contribution >= 4 is 22.4 Å². The first kappa shape index (κ1) is 24.3. The van der Waals surface area contributed by atoms with Crippen molar-refractivity contribution in [1.29, 1.82) is 5.26 Å². The highest BCUT2D eigenvalue weighted by atomic mass is 15.4. The van der Waals surface area contributed by atoms with Crippen LogP contribution in [0, 0.1) is 35.5 Å². The second kappa shape index (κ2) is 9.35. The lowest BCUT2D eigenvalue weighted by atomic mass is 9.84. The first-order valence-electron chi connectivity index (χ1n) is 13.3. The molecule has 3 saturated carbocycles. The Morgan fingerprint density at radius 2 is 2.00 bits per heavy atom. The summed E-state index contributed by atoms with van der Waals surface area (Å²) in [6, 6.07) is 10.3. The Morgan fingerprint density at radius 3 is 2.71 bits per heavy atom. The number of benzene rings is 1. The molecule has 0 unspecified atom stereocenters. The van der Waals surface area contributed by atoms with E-state index in [4.69, 9.17) is 0 Å². The average Bonchev–Trinajstić information content (AvgIpc) is 3.61. The molecule has 9 heteroatoms. The smallest absolute Gasteiger partial charge is 0.137 e. The van der Waals surface area contributed by atoms with Gasteiger partial charge in [0.25, 0.3) is 0 Å². The van der Waals surface area contributed by atoms with Crippen molar-refractivity contribution in [2.45, 2.75) is 59.0 Å². The van der Waals surface area contributed by atoms with Gasteiger partial charge in [-0.3, -0.25) is 4.98 Å². The Bertz CT molecular complexity index is 1520. The molecule has 2 atom stereocenters. The van der Waals surface area contributed by atoms with Crippen LogP contribution in [0.15, 0.2) is 43.0 Å². The van der Waals surface area contributed by atoms with E-state index < -0.39 is 0 Å². The molecule has 3 fully saturated rings. The highest BCUT2D eigenvalue weighted by Crippen LogP contribution is 2.54. The van der Waals surface area contributed by atoms with Gasteiger partial charge < -0.3 is 10.6 Å². The fraction of sp³-hybridized carbons (Fsp3) is 0.448. The number of aryl methyl sites for hydroxylation is 1. The summed E-state index contributed by atoms with van der Waals surface area (Å²) in [7, 11) is 0. The zero-order valence-electron chi connectivity index (χ0n) is 22.3. The van der Waals surface area contributed by atoms with Crippen molar-refractivity contribution in [2.75, 3.05) is 17.2 Å². The van der Waals surface area contributed by atoms with E-state index in [2.05, 4.69) is 79.7 Å². The summed E-state index contributed by atoms with van der Waals surface area (Å²) in [4.78, 5) is 13.5. The third kappa shape index (κ3) is 4.55. The molecule has 0 spiro atoms. The molecule has 3 aliphatic carbocycles. The predicted molar refractivity (Wildman–Crippen MR) is 147 cm³/mol. The maximum atomic E-state index is 9.98. The third-order valence-electron chi connectivity index (χ3n) is 7.87. The monoisotopic (exact) mass is 507 g/mol. The van der Waals surface area contributed by atoms with Crippen molar-refractivity contribution in [3.8, 4) is 6.07 Å². The van der Waals surface area contributed by atoms with Gasteiger partial charge in [-0.2, -0.15) is 5.26 Å². The molecule has 3 heterocycles. The standard InChI is InChI=1S/C29H33N9/c1-17-22(6-5-7-31-17)27(24-14-38(37-36-24)25-10-18-8-19(25)9-18)35-21-11-20(13-30)26-23(12-21)28(34-16-33-26)32-15-29(2,3)4/h5-7,11-12,14,16,18-19,25,27,35H,8-10,15H2,1-4H3,(H,32,33,34)/t18?,19?,25-,27-/m1/s1. The Kier molecular flexibility index (Phi) is 5.98. The molecule has 3 aliphatic rings.